The van der Waals surface area contributed by atoms with E-state index < -0.39 is 0 Å². The standard InChI is InChI=1S/C12H18FNO2/c1-3-4-14-8-10-5-11(13)7-12(6-10)16-9-15-2/h5-7,14H,3-4,8-9H2,1-2H3. The van der Waals surface area contributed by atoms with Crippen LogP contribution in [0.5, 0.6) is 5.75 Å². The molecule has 1 N–H and O–H groups in total. The van der Waals surface area contributed by atoms with Gasteiger partial charge in [-0.3, -0.25) is 0 Å². The first-order valence-electron chi connectivity index (χ1n) is 5.38. The van der Waals surface area contributed by atoms with Crippen LogP contribution in [0.25, 0.3) is 0 Å². The molecule has 4 heteroatoms. The third-order valence-corrected chi connectivity index (χ3v) is 2.03. The molecule has 0 bridgehead atoms. The summed E-state index contributed by atoms with van der Waals surface area (Å²) in [7, 11) is 1.53. The highest BCUT2D eigenvalue weighted by Gasteiger charge is 2.01. The summed E-state index contributed by atoms with van der Waals surface area (Å²) in [5.41, 5.74) is 0.875. The summed E-state index contributed by atoms with van der Waals surface area (Å²) in [4.78, 5) is 0. The number of methoxy groups -OCH3 is 1. The van der Waals surface area contributed by atoms with Gasteiger partial charge in [0.05, 0.1) is 0 Å². The molecule has 0 saturated heterocycles. The van der Waals surface area contributed by atoms with E-state index in [1.807, 2.05) is 6.07 Å². The van der Waals surface area contributed by atoms with Crippen molar-refractivity contribution in [3.8, 4) is 5.75 Å². The molecule has 90 valence electrons. The Morgan fingerprint density at radius 2 is 2.12 bits per heavy atom. The van der Waals surface area contributed by atoms with E-state index in [1.165, 1.54) is 19.2 Å². The SMILES string of the molecule is CCCNCc1cc(F)cc(OCOC)c1. The Bertz CT molecular complexity index is 318. The molecule has 0 saturated carbocycles. The van der Waals surface area contributed by atoms with Crippen LogP contribution in [0.1, 0.15) is 18.9 Å². The fraction of sp³-hybridized carbons (Fsp3) is 0.500. The van der Waals surface area contributed by atoms with E-state index in [-0.39, 0.29) is 12.6 Å². The van der Waals surface area contributed by atoms with Gasteiger partial charge in [0.15, 0.2) is 6.79 Å². The number of ether oxygens (including phenoxy) is 2. The monoisotopic (exact) mass is 227 g/mol. The van der Waals surface area contributed by atoms with Crippen LogP contribution in [-0.2, 0) is 11.3 Å². The molecule has 0 aliphatic rings. The van der Waals surface area contributed by atoms with E-state index in [2.05, 4.69) is 12.2 Å². The van der Waals surface area contributed by atoms with Crippen molar-refractivity contribution in [1.82, 2.24) is 5.32 Å². The van der Waals surface area contributed by atoms with E-state index in [4.69, 9.17) is 9.47 Å². The topological polar surface area (TPSA) is 30.5 Å². The number of halogens is 1. The molecule has 0 fully saturated rings. The van der Waals surface area contributed by atoms with Gasteiger partial charge in [0.25, 0.3) is 0 Å². The quantitative estimate of drug-likeness (QED) is 0.572. The van der Waals surface area contributed by atoms with Crippen LogP contribution < -0.4 is 10.1 Å². The van der Waals surface area contributed by atoms with Gasteiger partial charge in [0.1, 0.15) is 11.6 Å². The largest absolute Gasteiger partial charge is 0.467 e. The van der Waals surface area contributed by atoms with Crippen molar-refractivity contribution in [1.29, 1.82) is 0 Å². The van der Waals surface area contributed by atoms with Crippen molar-refractivity contribution < 1.29 is 13.9 Å². The van der Waals surface area contributed by atoms with Gasteiger partial charge in [-0.1, -0.05) is 6.92 Å². The predicted molar refractivity (Wildman–Crippen MR) is 60.9 cm³/mol. The number of hydrogen-bond donors (Lipinski definition) is 1. The zero-order valence-electron chi connectivity index (χ0n) is 9.75. The molecule has 0 spiro atoms. The van der Waals surface area contributed by atoms with Crippen LogP contribution in [0.4, 0.5) is 4.39 Å². The first-order chi connectivity index (χ1) is 7.76. The molecule has 0 radical (unpaired) electrons. The van der Waals surface area contributed by atoms with Gasteiger partial charge >= 0.3 is 0 Å². The van der Waals surface area contributed by atoms with Crippen LogP contribution in [0, 0.1) is 5.82 Å². The first kappa shape index (κ1) is 12.9. The Morgan fingerprint density at radius 1 is 1.31 bits per heavy atom. The summed E-state index contributed by atoms with van der Waals surface area (Å²) in [5, 5.41) is 3.21. The minimum Gasteiger partial charge on any atom is -0.467 e. The van der Waals surface area contributed by atoms with Crippen molar-refractivity contribution in [3.05, 3.63) is 29.6 Å². The van der Waals surface area contributed by atoms with Gasteiger partial charge in [-0.05, 0) is 30.7 Å². The van der Waals surface area contributed by atoms with Crippen LogP contribution in [0.3, 0.4) is 0 Å². The predicted octanol–water partition coefficient (Wildman–Crippen LogP) is 2.31. The Hall–Kier alpha value is -1.13. The second kappa shape index (κ2) is 7.19. The number of benzene rings is 1. The number of hydrogen-bond acceptors (Lipinski definition) is 3. The fourth-order valence-electron chi connectivity index (χ4n) is 1.34. The van der Waals surface area contributed by atoms with Gasteiger partial charge in [-0.2, -0.15) is 0 Å². The molecular formula is C12H18FNO2. The minimum atomic E-state index is -0.290. The maximum absolute atomic E-state index is 13.2. The highest BCUT2D eigenvalue weighted by atomic mass is 19.1. The molecule has 3 nitrogen and oxygen atoms in total. The molecule has 1 aromatic carbocycles. The zero-order chi connectivity index (χ0) is 11.8. The van der Waals surface area contributed by atoms with Crippen molar-refractivity contribution in [2.75, 3.05) is 20.4 Å². The molecule has 1 rings (SSSR count). The lowest BCUT2D eigenvalue weighted by molar-refractivity contribution is 0.0508. The summed E-state index contributed by atoms with van der Waals surface area (Å²) in [6.45, 7) is 3.79. The number of nitrogens with one attached hydrogen (secondary N) is 1. The molecule has 1 aromatic rings. The second-order valence-corrected chi connectivity index (χ2v) is 3.52. The summed E-state index contributed by atoms with van der Waals surface area (Å²) >= 11 is 0. The maximum atomic E-state index is 13.2. The van der Waals surface area contributed by atoms with E-state index in [0.29, 0.717) is 12.3 Å². The van der Waals surface area contributed by atoms with Crippen LogP contribution in [0.15, 0.2) is 18.2 Å². The van der Waals surface area contributed by atoms with Gasteiger partial charge < -0.3 is 14.8 Å². The lowest BCUT2D eigenvalue weighted by atomic mass is 10.2. The normalized spacial score (nSPS) is 10.4. The maximum Gasteiger partial charge on any atom is 0.188 e. The van der Waals surface area contributed by atoms with Crippen LogP contribution >= 0.6 is 0 Å². The Morgan fingerprint density at radius 3 is 2.81 bits per heavy atom. The molecule has 16 heavy (non-hydrogen) atoms. The van der Waals surface area contributed by atoms with Gasteiger partial charge in [-0.15, -0.1) is 0 Å². The third-order valence-electron chi connectivity index (χ3n) is 2.03. The highest BCUT2D eigenvalue weighted by molar-refractivity contribution is 5.29. The lowest BCUT2D eigenvalue weighted by Crippen LogP contribution is -2.14. The smallest absolute Gasteiger partial charge is 0.188 e. The van der Waals surface area contributed by atoms with Crippen LogP contribution in [0.2, 0.25) is 0 Å². The molecule has 0 aliphatic heterocycles. The van der Waals surface area contributed by atoms with E-state index >= 15 is 0 Å². The van der Waals surface area contributed by atoms with Gasteiger partial charge in [-0.25, -0.2) is 4.39 Å². The van der Waals surface area contributed by atoms with Crippen molar-refractivity contribution in [2.24, 2.45) is 0 Å². The van der Waals surface area contributed by atoms with Gasteiger partial charge in [0.2, 0.25) is 0 Å². The van der Waals surface area contributed by atoms with Gasteiger partial charge in [0, 0.05) is 19.7 Å². The van der Waals surface area contributed by atoms with Crippen molar-refractivity contribution in [3.63, 3.8) is 0 Å². The first-order valence-corrected chi connectivity index (χ1v) is 5.38. The second-order valence-electron chi connectivity index (χ2n) is 3.52. The lowest BCUT2D eigenvalue weighted by Gasteiger charge is -2.08. The average Bonchev–Trinajstić information content (AvgIpc) is 2.26. The molecule has 0 atom stereocenters. The van der Waals surface area contributed by atoms with Crippen molar-refractivity contribution >= 4 is 0 Å². The number of rotatable bonds is 7. The summed E-state index contributed by atoms with van der Waals surface area (Å²) in [5.74, 6) is 0.206. The summed E-state index contributed by atoms with van der Waals surface area (Å²) < 4.78 is 23.2. The Kier molecular flexibility index (Phi) is 5.82. The third kappa shape index (κ3) is 4.59. The van der Waals surface area contributed by atoms with E-state index in [0.717, 1.165) is 18.5 Å². The zero-order valence-corrected chi connectivity index (χ0v) is 9.75. The molecule has 0 amide bonds. The highest BCUT2D eigenvalue weighted by Crippen LogP contribution is 2.16. The molecule has 0 aromatic heterocycles. The Labute approximate surface area is 95.6 Å². The minimum absolute atomic E-state index is 0.130. The molecule has 0 heterocycles. The van der Waals surface area contributed by atoms with Crippen LogP contribution in [-0.4, -0.2) is 20.4 Å². The fourth-order valence-corrected chi connectivity index (χ4v) is 1.34. The molecule has 0 unspecified atom stereocenters. The van der Waals surface area contributed by atoms with E-state index in [9.17, 15) is 4.39 Å². The van der Waals surface area contributed by atoms with Crippen molar-refractivity contribution in [2.45, 2.75) is 19.9 Å². The molecular weight excluding hydrogens is 209 g/mol. The summed E-state index contributed by atoms with van der Waals surface area (Å²) in [6, 6.07) is 4.66. The molecule has 0 aliphatic carbocycles. The summed E-state index contributed by atoms with van der Waals surface area (Å²) in [6.07, 6.45) is 1.06. The Balaban J connectivity index is 2.58. The van der Waals surface area contributed by atoms with E-state index in [1.54, 1.807) is 0 Å². The average molecular weight is 227 g/mol.